The molecule has 2 heterocycles. The smallest absolute Gasteiger partial charge is 0.349 e. The molecule has 0 saturated heterocycles. The van der Waals surface area contributed by atoms with E-state index in [2.05, 4.69) is 5.32 Å². The SMILES string of the molecule is CCOC(=O)c1sc(NC(=O)C(CC)OC(=O)c2cc3c(s2)CCCC3)c(C(=O)OCC)c1C. The largest absolute Gasteiger partial charge is 0.462 e. The van der Waals surface area contributed by atoms with Crippen molar-refractivity contribution in [1.82, 2.24) is 0 Å². The molecule has 3 rings (SSSR count). The van der Waals surface area contributed by atoms with Gasteiger partial charge in [0.25, 0.3) is 5.91 Å². The van der Waals surface area contributed by atoms with Crippen LogP contribution in [0.25, 0.3) is 0 Å². The number of carbonyl (C=O) groups is 4. The lowest BCUT2D eigenvalue weighted by molar-refractivity contribution is -0.124. The van der Waals surface area contributed by atoms with Crippen molar-refractivity contribution in [3.05, 3.63) is 37.4 Å². The molecule has 184 valence electrons. The van der Waals surface area contributed by atoms with Crippen LogP contribution in [0.2, 0.25) is 0 Å². The molecule has 0 spiro atoms. The molecule has 0 aliphatic heterocycles. The van der Waals surface area contributed by atoms with E-state index in [0.717, 1.165) is 37.0 Å². The Hall–Kier alpha value is -2.72. The molecule has 34 heavy (non-hydrogen) atoms. The van der Waals surface area contributed by atoms with Crippen LogP contribution in [0, 0.1) is 6.92 Å². The first-order valence-electron chi connectivity index (χ1n) is 11.4. The third-order valence-corrected chi connectivity index (χ3v) is 7.84. The molecular formula is C24H29NO7S2. The third-order valence-electron chi connectivity index (χ3n) is 5.43. The summed E-state index contributed by atoms with van der Waals surface area (Å²) in [6.45, 7) is 6.98. The Bertz CT molecular complexity index is 1060. The Morgan fingerprint density at radius 2 is 1.65 bits per heavy atom. The van der Waals surface area contributed by atoms with Gasteiger partial charge in [-0.05, 0) is 70.1 Å². The number of aryl methyl sites for hydroxylation is 2. The lowest BCUT2D eigenvalue weighted by Gasteiger charge is -2.15. The number of fused-ring (bicyclic) bond motifs is 1. The van der Waals surface area contributed by atoms with E-state index in [9.17, 15) is 19.2 Å². The second-order valence-electron chi connectivity index (χ2n) is 7.76. The van der Waals surface area contributed by atoms with Crippen molar-refractivity contribution in [2.45, 2.75) is 65.9 Å². The van der Waals surface area contributed by atoms with E-state index in [4.69, 9.17) is 14.2 Å². The average Bonchev–Trinajstić information content (AvgIpc) is 3.38. The van der Waals surface area contributed by atoms with Gasteiger partial charge in [-0.2, -0.15) is 0 Å². The van der Waals surface area contributed by atoms with Gasteiger partial charge in [-0.25, -0.2) is 14.4 Å². The second kappa shape index (κ2) is 11.6. The van der Waals surface area contributed by atoms with E-state index >= 15 is 0 Å². The summed E-state index contributed by atoms with van der Waals surface area (Å²) in [5.74, 6) is -2.37. The van der Waals surface area contributed by atoms with Gasteiger partial charge in [-0.3, -0.25) is 4.79 Å². The van der Waals surface area contributed by atoms with Crippen molar-refractivity contribution < 1.29 is 33.4 Å². The molecule has 8 nitrogen and oxygen atoms in total. The fourth-order valence-corrected chi connectivity index (χ4v) is 5.96. The highest BCUT2D eigenvalue weighted by atomic mass is 32.1. The molecule has 0 fully saturated rings. The summed E-state index contributed by atoms with van der Waals surface area (Å²) in [6, 6.07) is 1.86. The van der Waals surface area contributed by atoms with Gasteiger partial charge in [0, 0.05) is 4.88 Å². The number of nitrogens with one attached hydrogen (secondary N) is 1. The van der Waals surface area contributed by atoms with Gasteiger partial charge in [-0.1, -0.05) is 6.92 Å². The van der Waals surface area contributed by atoms with Gasteiger partial charge in [0.05, 0.1) is 18.8 Å². The number of hydrogen-bond donors (Lipinski definition) is 1. The van der Waals surface area contributed by atoms with Gasteiger partial charge in [0.1, 0.15) is 14.8 Å². The summed E-state index contributed by atoms with van der Waals surface area (Å²) >= 11 is 2.35. The molecular weight excluding hydrogens is 478 g/mol. The summed E-state index contributed by atoms with van der Waals surface area (Å²) in [7, 11) is 0. The van der Waals surface area contributed by atoms with Crippen molar-refractivity contribution in [1.29, 1.82) is 0 Å². The van der Waals surface area contributed by atoms with E-state index in [1.807, 2.05) is 6.07 Å². The van der Waals surface area contributed by atoms with Gasteiger partial charge in [0.15, 0.2) is 6.10 Å². The average molecular weight is 508 g/mol. The van der Waals surface area contributed by atoms with Crippen molar-refractivity contribution in [3.8, 4) is 0 Å². The molecule has 1 aliphatic rings. The maximum atomic E-state index is 13.0. The highest BCUT2D eigenvalue weighted by molar-refractivity contribution is 7.18. The van der Waals surface area contributed by atoms with Crippen LogP contribution in [0.4, 0.5) is 5.00 Å². The topological polar surface area (TPSA) is 108 Å². The number of hydrogen-bond acceptors (Lipinski definition) is 9. The van der Waals surface area contributed by atoms with Crippen LogP contribution < -0.4 is 5.32 Å². The first-order chi connectivity index (χ1) is 16.3. The molecule has 0 saturated carbocycles. The van der Waals surface area contributed by atoms with Crippen LogP contribution >= 0.6 is 22.7 Å². The van der Waals surface area contributed by atoms with E-state index in [1.54, 1.807) is 27.7 Å². The molecule has 2 aromatic heterocycles. The first-order valence-corrected chi connectivity index (χ1v) is 13.0. The molecule has 1 N–H and O–H groups in total. The summed E-state index contributed by atoms with van der Waals surface area (Å²) < 4.78 is 15.7. The van der Waals surface area contributed by atoms with E-state index in [1.165, 1.54) is 21.8 Å². The Morgan fingerprint density at radius 3 is 2.29 bits per heavy atom. The van der Waals surface area contributed by atoms with Gasteiger partial charge < -0.3 is 19.5 Å². The van der Waals surface area contributed by atoms with E-state index in [-0.39, 0.29) is 35.1 Å². The van der Waals surface area contributed by atoms with Gasteiger partial charge >= 0.3 is 17.9 Å². The highest BCUT2D eigenvalue weighted by Gasteiger charge is 2.30. The number of ether oxygens (including phenoxy) is 3. The molecule has 1 atom stereocenters. The summed E-state index contributed by atoms with van der Waals surface area (Å²) in [6.07, 6.45) is 3.31. The van der Waals surface area contributed by atoms with Crippen LogP contribution in [0.15, 0.2) is 6.07 Å². The molecule has 0 bridgehead atoms. The molecule has 0 aromatic carbocycles. The van der Waals surface area contributed by atoms with Crippen LogP contribution in [-0.4, -0.2) is 43.1 Å². The molecule has 10 heteroatoms. The number of thiophene rings is 2. The Kier molecular flexibility index (Phi) is 8.84. The minimum atomic E-state index is -1.06. The zero-order valence-corrected chi connectivity index (χ0v) is 21.4. The van der Waals surface area contributed by atoms with Crippen molar-refractivity contribution in [2.75, 3.05) is 18.5 Å². The van der Waals surface area contributed by atoms with Crippen LogP contribution in [0.1, 0.15) is 85.7 Å². The number of rotatable bonds is 9. The van der Waals surface area contributed by atoms with Crippen molar-refractivity contribution >= 4 is 51.5 Å². The Labute approximate surface area is 206 Å². The number of anilines is 1. The van der Waals surface area contributed by atoms with Crippen LogP contribution in [0.5, 0.6) is 0 Å². The van der Waals surface area contributed by atoms with E-state index < -0.39 is 29.9 Å². The van der Waals surface area contributed by atoms with Crippen molar-refractivity contribution in [2.24, 2.45) is 0 Å². The maximum absolute atomic E-state index is 13.0. The van der Waals surface area contributed by atoms with Gasteiger partial charge in [0.2, 0.25) is 0 Å². The summed E-state index contributed by atoms with van der Waals surface area (Å²) in [5, 5.41) is 2.82. The minimum absolute atomic E-state index is 0.0929. The van der Waals surface area contributed by atoms with Crippen LogP contribution in [0.3, 0.4) is 0 Å². The predicted molar refractivity (Wildman–Crippen MR) is 130 cm³/mol. The molecule has 0 radical (unpaired) electrons. The van der Waals surface area contributed by atoms with Crippen molar-refractivity contribution in [3.63, 3.8) is 0 Å². The standard InChI is InChI=1S/C24H29NO7S2/c1-5-15(32-22(27)17-12-14-10-8-9-11-16(14)33-17)20(26)25-21-18(23(28)30-6-2)13(4)19(34-21)24(29)31-7-3/h12,15H,5-11H2,1-4H3,(H,25,26). The summed E-state index contributed by atoms with van der Waals surface area (Å²) in [4.78, 5) is 52.5. The number of esters is 3. The summed E-state index contributed by atoms with van der Waals surface area (Å²) in [5.41, 5.74) is 1.64. The maximum Gasteiger partial charge on any atom is 0.349 e. The van der Waals surface area contributed by atoms with E-state index in [0.29, 0.717) is 10.4 Å². The molecule has 1 unspecified atom stereocenters. The second-order valence-corrected chi connectivity index (χ2v) is 9.92. The zero-order valence-electron chi connectivity index (χ0n) is 19.8. The molecule has 1 aliphatic carbocycles. The first kappa shape index (κ1) is 25.9. The Morgan fingerprint density at radius 1 is 0.971 bits per heavy atom. The fraction of sp³-hybridized carbons (Fsp3) is 0.500. The van der Waals surface area contributed by atoms with Gasteiger partial charge in [-0.15, -0.1) is 22.7 Å². The lowest BCUT2D eigenvalue weighted by Crippen LogP contribution is -2.32. The van der Waals surface area contributed by atoms with Crippen LogP contribution in [-0.2, 0) is 31.8 Å². The highest BCUT2D eigenvalue weighted by Crippen LogP contribution is 2.35. The normalized spacial score (nSPS) is 13.5. The quantitative estimate of drug-likeness (QED) is 0.379. The number of carbonyl (C=O) groups excluding carboxylic acids is 4. The molecule has 1 amide bonds. The minimum Gasteiger partial charge on any atom is -0.462 e. The fourth-order valence-electron chi connectivity index (χ4n) is 3.74. The zero-order chi connectivity index (χ0) is 24.8. The predicted octanol–water partition coefficient (Wildman–Crippen LogP) is 4.92. The molecule has 2 aromatic rings. The third kappa shape index (κ3) is 5.67. The lowest BCUT2D eigenvalue weighted by atomic mass is 9.99. The Balaban J connectivity index is 1.79. The monoisotopic (exact) mass is 507 g/mol. The number of amides is 1.